The lowest BCUT2D eigenvalue weighted by atomic mass is 9.92. The molecule has 0 aliphatic carbocycles. The SMILES string of the molecule is COC(C)(C)CC(=O)N1CC(CN)CCC1C. The Kier molecular flexibility index (Phi) is 4.95. The summed E-state index contributed by atoms with van der Waals surface area (Å²) in [5.41, 5.74) is 5.32. The van der Waals surface area contributed by atoms with Crippen molar-refractivity contribution in [1.82, 2.24) is 4.90 Å². The topological polar surface area (TPSA) is 55.6 Å². The largest absolute Gasteiger partial charge is 0.378 e. The van der Waals surface area contributed by atoms with Crippen LogP contribution in [0.25, 0.3) is 0 Å². The summed E-state index contributed by atoms with van der Waals surface area (Å²) in [6.07, 6.45) is 2.63. The summed E-state index contributed by atoms with van der Waals surface area (Å²) in [6.45, 7) is 7.48. The number of piperidine rings is 1. The second-order valence-corrected chi connectivity index (χ2v) is 5.71. The molecule has 2 unspecified atom stereocenters. The molecule has 2 atom stereocenters. The Morgan fingerprint density at radius 3 is 2.65 bits per heavy atom. The van der Waals surface area contributed by atoms with E-state index in [-0.39, 0.29) is 11.5 Å². The second-order valence-electron chi connectivity index (χ2n) is 5.71. The lowest BCUT2D eigenvalue weighted by molar-refractivity contribution is -0.140. The van der Waals surface area contributed by atoms with Crippen LogP contribution in [0.3, 0.4) is 0 Å². The normalized spacial score (nSPS) is 26.1. The highest BCUT2D eigenvalue weighted by Crippen LogP contribution is 2.24. The molecule has 1 amide bonds. The molecular formula is C13H26N2O2. The molecule has 100 valence electrons. The lowest BCUT2D eigenvalue weighted by Gasteiger charge is -2.39. The van der Waals surface area contributed by atoms with Crippen LogP contribution in [0.4, 0.5) is 0 Å². The van der Waals surface area contributed by atoms with Crippen molar-refractivity contribution in [3.05, 3.63) is 0 Å². The highest BCUT2D eigenvalue weighted by Gasteiger charge is 2.31. The van der Waals surface area contributed by atoms with E-state index in [1.807, 2.05) is 18.7 Å². The molecule has 1 heterocycles. The molecule has 0 aromatic heterocycles. The van der Waals surface area contributed by atoms with Gasteiger partial charge < -0.3 is 15.4 Å². The minimum absolute atomic E-state index is 0.183. The zero-order valence-electron chi connectivity index (χ0n) is 11.5. The summed E-state index contributed by atoms with van der Waals surface area (Å²) >= 11 is 0. The molecule has 0 aromatic carbocycles. The number of hydrogen-bond acceptors (Lipinski definition) is 3. The van der Waals surface area contributed by atoms with E-state index in [1.165, 1.54) is 0 Å². The molecule has 4 heteroatoms. The molecule has 0 radical (unpaired) electrons. The Morgan fingerprint density at radius 1 is 1.47 bits per heavy atom. The van der Waals surface area contributed by atoms with E-state index in [1.54, 1.807) is 7.11 Å². The summed E-state index contributed by atoms with van der Waals surface area (Å²) in [5.74, 6) is 0.642. The van der Waals surface area contributed by atoms with Crippen LogP contribution in [0.15, 0.2) is 0 Å². The Morgan fingerprint density at radius 2 is 2.12 bits per heavy atom. The van der Waals surface area contributed by atoms with Gasteiger partial charge in [0.2, 0.25) is 5.91 Å². The van der Waals surface area contributed by atoms with Gasteiger partial charge in [-0.05, 0) is 46.1 Å². The van der Waals surface area contributed by atoms with E-state index in [2.05, 4.69) is 6.92 Å². The highest BCUT2D eigenvalue weighted by molar-refractivity contribution is 5.77. The van der Waals surface area contributed by atoms with Crippen molar-refractivity contribution >= 4 is 5.91 Å². The fourth-order valence-corrected chi connectivity index (χ4v) is 2.26. The average Bonchev–Trinajstić information content (AvgIpc) is 2.29. The fraction of sp³-hybridized carbons (Fsp3) is 0.923. The molecule has 0 bridgehead atoms. The van der Waals surface area contributed by atoms with Gasteiger partial charge in [-0.3, -0.25) is 4.79 Å². The average molecular weight is 242 g/mol. The maximum Gasteiger partial charge on any atom is 0.225 e. The van der Waals surface area contributed by atoms with Crippen molar-refractivity contribution in [3.63, 3.8) is 0 Å². The highest BCUT2D eigenvalue weighted by atomic mass is 16.5. The first-order valence-electron chi connectivity index (χ1n) is 6.44. The molecule has 1 saturated heterocycles. The van der Waals surface area contributed by atoms with Crippen LogP contribution in [-0.4, -0.2) is 42.6 Å². The first-order valence-corrected chi connectivity index (χ1v) is 6.44. The first-order chi connectivity index (χ1) is 7.89. The van der Waals surface area contributed by atoms with E-state index < -0.39 is 0 Å². The number of carbonyl (C=O) groups is 1. The summed E-state index contributed by atoms with van der Waals surface area (Å²) in [6, 6.07) is 0.331. The number of ether oxygens (including phenoxy) is 1. The maximum absolute atomic E-state index is 12.2. The van der Waals surface area contributed by atoms with Crippen molar-refractivity contribution in [2.45, 2.75) is 51.7 Å². The maximum atomic E-state index is 12.2. The van der Waals surface area contributed by atoms with E-state index >= 15 is 0 Å². The minimum atomic E-state index is -0.382. The molecule has 0 spiro atoms. The summed E-state index contributed by atoms with van der Waals surface area (Å²) in [7, 11) is 1.65. The number of nitrogens with two attached hydrogens (primary N) is 1. The van der Waals surface area contributed by atoms with E-state index in [0.29, 0.717) is 24.9 Å². The van der Waals surface area contributed by atoms with Crippen LogP contribution in [-0.2, 0) is 9.53 Å². The van der Waals surface area contributed by atoms with Gasteiger partial charge in [0.1, 0.15) is 0 Å². The van der Waals surface area contributed by atoms with Crippen LogP contribution in [0.5, 0.6) is 0 Å². The van der Waals surface area contributed by atoms with Crippen molar-refractivity contribution in [3.8, 4) is 0 Å². The smallest absolute Gasteiger partial charge is 0.225 e. The Bertz CT molecular complexity index is 266. The molecule has 17 heavy (non-hydrogen) atoms. The third kappa shape index (κ3) is 3.96. The van der Waals surface area contributed by atoms with Gasteiger partial charge in [-0.2, -0.15) is 0 Å². The van der Waals surface area contributed by atoms with Crippen LogP contribution >= 0.6 is 0 Å². The number of amides is 1. The minimum Gasteiger partial charge on any atom is -0.378 e. The van der Waals surface area contributed by atoms with E-state index in [4.69, 9.17) is 10.5 Å². The van der Waals surface area contributed by atoms with Crippen LogP contribution < -0.4 is 5.73 Å². The zero-order chi connectivity index (χ0) is 13.1. The number of rotatable bonds is 4. The number of likely N-dealkylation sites (tertiary alicyclic amines) is 1. The van der Waals surface area contributed by atoms with Crippen LogP contribution in [0.1, 0.15) is 40.0 Å². The number of nitrogens with zero attached hydrogens (tertiary/aromatic N) is 1. The summed E-state index contributed by atoms with van der Waals surface area (Å²) in [4.78, 5) is 14.2. The molecule has 1 rings (SSSR count). The predicted molar refractivity (Wildman–Crippen MR) is 68.7 cm³/mol. The summed E-state index contributed by atoms with van der Waals surface area (Å²) in [5, 5.41) is 0. The first kappa shape index (κ1) is 14.5. The molecule has 0 saturated carbocycles. The Labute approximate surface area is 104 Å². The van der Waals surface area contributed by atoms with Crippen molar-refractivity contribution in [2.24, 2.45) is 11.7 Å². The van der Waals surface area contributed by atoms with Crippen molar-refractivity contribution in [1.29, 1.82) is 0 Å². The second kappa shape index (κ2) is 5.83. The quantitative estimate of drug-likeness (QED) is 0.810. The van der Waals surface area contributed by atoms with E-state index in [0.717, 1.165) is 19.4 Å². The molecule has 1 fully saturated rings. The Hall–Kier alpha value is -0.610. The van der Waals surface area contributed by atoms with Gasteiger partial charge in [0, 0.05) is 19.7 Å². The lowest BCUT2D eigenvalue weighted by Crippen LogP contribution is -2.48. The molecule has 1 aliphatic rings. The van der Waals surface area contributed by atoms with Gasteiger partial charge in [-0.15, -0.1) is 0 Å². The monoisotopic (exact) mass is 242 g/mol. The van der Waals surface area contributed by atoms with Gasteiger partial charge in [-0.1, -0.05) is 0 Å². The van der Waals surface area contributed by atoms with Gasteiger partial charge in [0.25, 0.3) is 0 Å². The third-order valence-electron chi connectivity index (χ3n) is 3.76. The fourth-order valence-electron chi connectivity index (χ4n) is 2.26. The van der Waals surface area contributed by atoms with E-state index in [9.17, 15) is 4.79 Å². The molecule has 0 aromatic rings. The van der Waals surface area contributed by atoms with Crippen molar-refractivity contribution in [2.75, 3.05) is 20.2 Å². The molecule has 4 nitrogen and oxygen atoms in total. The standard InChI is InChI=1S/C13H26N2O2/c1-10-5-6-11(8-14)9-15(10)12(16)7-13(2,3)17-4/h10-11H,5-9,14H2,1-4H3. The number of carbonyl (C=O) groups excluding carboxylic acids is 1. The van der Waals surface area contributed by atoms with Crippen LogP contribution in [0.2, 0.25) is 0 Å². The predicted octanol–water partition coefficient (Wildman–Crippen LogP) is 1.39. The van der Waals surface area contributed by atoms with Gasteiger partial charge in [-0.25, -0.2) is 0 Å². The summed E-state index contributed by atoms with van der Waals surface area (Å²) < 4.78 is 5.32. The van der Waals surface area contributed by atoms with Gasteiger partial charge >= 0.3 is 0 Å². The van der Waals surface area contributed by atoms with Gasteiger partial charge in [0.05, 0.1) is 12.0 Å². The third-order valence-corrected chi connectivity index (χ3v) is 3.76. The molecule has 2 N–H and O–H groups in total. The van der Waals surface area contributed by atoms with Crippen molar-refractivity contribution < 1.29 is 9.53 Å². The van der Waals surface area contributed by atoms with Gasteiger partial charge in [0.15, 0.2) is 0 Å². The molecular weight excluding hydrogens is 216 g/mol. The Balaban J connectivity index is 2.60. The number of hydrogen-bond donors (Lipinski definition) is 1. The molecule has 1 aliphatic heterocycles. The number of methoxy groups -OCH3 is 1. The van der Waals surface area contributed by atoms with Crippen LogP contribution in [0, 0.1) is 5.92 Å². The zero-order valence-corrected chi connectivity index (χ0v) is 11.5.